The lowest BCUT2D eigenvalue weighted by Gasteiger charge is -2.32. The van der Waals surface area contributed by atoms with Gasteiger partial charge >= 0.3 is 0 Å². The molecule has 1 heterocycles. The third kappa shape index (κ3) is 5.84. The quantitative estimate of drug-likeness (QED) is 0.847. The number of benzene rings is 1. The van der Waals surface area contributed by atoms with Crippen LogP contribution in [-0.4, -0.2) is 51.2 Å². The SMILES string of the molecule is Cc1ccccc1OCCC(=O)N1CCC[C@@H](NS(C)(=O)=O)C1. The van der Waals surface area contributed by atoms with E-state index in [0.29, 0.717) is 26.1 Å². The molecule has 1 saturated heterocycles. The van der Waals surface area contributed by atoms with Gasteiger partial charge in [0.1, 0.15) is 5.75 Å². The van der Waals surface area contributed by atoms with Crippen LogP contribution in [0.5, 0.6) is 5.75 Å². The highest BCUT2D eigenvalue weighted by Gasteiger charge is 2.25. The fourth-order valence-electron chi connectivity index (χ4n) is 2.73. The molecule has 7 heteroatoms. The lowest BCUT2D eigenvalue weighted by Crippen LogP contribution is -2.49. The van der Waals surface area contributed by atoms with Crippen LogP contribution in [0.2, 0.25) is 0 Å². The molecule has 6 nitrogen and oxygen atoms in total. The van der Waals surface area contributed by atoms with Gasteiger partial charge in [-0.2, -0.15) is 0 Å². The van der Waals surface area contributed by atoms with Crippen LogP contribution in [0, 0.1) is 6.92 Å². The number of rotatable bonds is 6. The molecule has 0 saturated carbocycles. The zero-order chi connectivity index (χ0) is 16.9. The molecule has 2 rings (SSSR count). The Labute approximate surface area is 137 Å². The van der Waals surface area contributed by atoms with Crippen LogP contribution in [-0.2, 0) is 14.8 Å². The van der Waals surface area contributed by atoms with E-state index in [1.807, 2.05) is 31.2 Å². The molecule has 0 aromatic heterocycles. The van der Waals surface area contributed by atoms with E-state index in [-0.39, 0.29) is 11.9 Å². The summed E-state index contributed by atoms with van der Waals surface area (Å²) < 4.78 is 30.8. The van der Waals surface area contributed by atoms with E-state index < -0.39 is 10.0 Å². The number of ether oxygens (including phenoxy) is 1. The summed E-state index contributed by atoms with van der Waals surface area (Å²) in [6, 6.07) is 7.49. The molecule has 1 N–H and O–H groups in total. The van der Waals surface area contributed by atoms with E-state index in [1.54, 1.807) is 4.90 Å². The van der Waals surface area contributed by atoms with Gasteiger partial charge in [0.2, 0.25) is 15.9 Å². The molecule has 23 heavy (non-hydrogen) atoms. The second-order valence-corrected chi connectivity index (χ2v) is 7.71. The van der Waals surface area contributed by atoms with Crippen molar-refractivity contribution >= 4 is 15.9 Å². The van der Waals surface area contributed by atoms with Gasteiger partial charge in [-0.25, -0.2) is 13.1 Å². The fraction of sp³-hybridized carbons (Fsp3) is 0.562. The summed E-state index contributed by atoms with van der Waals surface area (Å²) in [6.07, 6.45) is 3.00. The standard InChI is InChI=1S/C16H24N2O4S/c1-13-6-3-4-8-15(13)22-11-9-16(19)18-10-5-7-14(12-18)17-23(2,20)21/h3-4,6,8,14,17H,5,7,9-12H2,1-2H3/t14-/m1/s1. The van der Waals surface area contributed by atoms with Crippen molar-refractivity contribution in [3.8, 4) is 5.75 Å². The number of nitrogens with zero attached hydrogens (tertiary/aromatic N) is 1. The smallest absolute Gasteiger partial charge is 0.226 e. The largest absolute Gasteiger partial charge is 0.493 e. The number of nitrogens with one attached hydrogen (secondary N) is 1. The van der Waals surface area contributed by atoms with Gasteiger partial charge in [-0.1, -0.05) is 18.2 Å². The molecular formula is C16H24N2O4S. The highest BCUT2D eigenvalue weighted by molar-refractivity contribution is 7.88. The molecule has 1 atom stereocenters. The first-order chi connectivity index (χ1) is 10.8. The van der Waals surface area contributed by atoms with Gasteiger partial charge in [0.15, 0.2) is 0 Å². The highest BCUT2D eigenvalue weighted by atomic mass is 32.2. The Morgan fingerprint density at radius 3 is 2.83 bits per heavy atom. The van der Waals surface area contributed by atoms with Gasteiger partial charge in [0.25, 0.3) is 0 Å². The minimum absolute atomic E-state index is 0.00131. The van der Waals surface area contributed by atoms with Crippen molar-refractivity contribution in [2.45, 2.75) is 32.2 Å². The zero-order valence-corrected chi connectivity index (χ0v) is 14.4. The third-order valence-electron chi connectivity index (χ3n) is 3.82. The number of amides is 1. The average Bonchev–Trinajstić information content (AvgIpc) is 2.47. The maximum Gasteiger partial charge on any atom is 0.226 e. The zero-order valence-electron chi connectivity index (χ0n) is 13.6. The number of carbonyl (C=O) groups is 1. The number of likely N-dealkylation sites (tertiary alicyclic amines) is 1. The Bertz CT molecular complexity index is 645. The van der Waals surface area contributed by atoms with Crippen molar-refractivity contribution < 1.29 is 17.9 Å². The van der Waals surface area contributed by atoms with Gasteiger partial charge < -0.3 is 9.64 Å². The number of piperidine rings is 1. The molecule has 1 aliphatic rings. The predicted octanol–water partition coefficient (Wildman–Crippen LogP) is 1.30. The van der Waals surface area contributed by atoms with Crippen LogP contribution in [0.4, 0.5) is 0 Å². The fourth-order valence-corrected chi connectivity index (χ4v) is 3.53. The molecule has 1 aliphatic heterocycles. The summed E-state index contributed by atoms with van der Waals surface area (Å²) in [7, 11) is -3.24. The van der Waals surface area contributed by atoms with Gasteiger partial charge in [-0.15, -0.1) is 0 Å². The van der Waals surface area contributed by atoms with Crippen LogP contribution in [0.1, 0.15) is 24.8 Å². The molecule has 1 aromatic carbocycles. The minimum Gasteiger partial charge on any atom is -0.493 e. The van der Waals surface area contributed by atoms with E-state index in [9.17, 15) is 13.2 Å². The first-order valence-corrected chi connectivity index (χ1v) is 9.68. The molecular weight excluding hydrogens is 316 g/mol. The lowest BCUT2D eigenvalue weighted by atomic mass is 10.1. The van der Waals surface area contributed by atoms with Crippen LogP contribution in [0.25, 0.3) is 0 Å². The van der Waals surface area contributed by atoms with E-state index in [1.165, 1.54) is 0 Å². The number of aryl methyl sites for hydroxylation is 1. The molecule has 0 spiro atoms. The number of para-hydroxylation sites is 1. The second kappa shape index (κ2) is 7.79. The Balaban J connectivity index is 1.80. The van der Waals surface area contributed by atoms with Crippen molar-refractivity contribution in [3.63, 3.8) is 0 Å². The maximum atomic E-state index is 12.3. The van der Waals surface area contributed by atoms with Crippen LogP contribution >= 0.6 is 0 Å². The first kappa shape index (κ1) is 17.7. The average molecular weight is 340 g/mol. The van der Waals surface area contributed by atoms with Crippen molar-refractivity contribution in [2.75, 3.05) is 26.0 Å². The first-order valence-electron chi connectivity index (χ1n) is 7.78. The number of sulfonamides is 1. The maximum absolute atomic E-state index is 12.3. The Morgan fingerprint density at radius 1 is 1.39 bits per heavy atom. The molecule has 0 radical (unpaired) electrons. The van der Waals surface area contributed by atoms with Crippen molar-refractivity contribution in [1.82, 2.24) is 9.62 Å². The number of carbonyl (C=O) groups excluding carboxylic acids is 1. The molecule has 128 valence electrons. The third-order valence-corrected chi connectivity index (χ3v) is 4.58. The summed E-state index contributed by atoms with van der Waals surface area (Å²) in [4.78, 5) is 14.0. The van der Waals surface area contributed by atoms with Gasteiger partial charge in [0.05, 0.1) is 19.3 Å². The van der Waals surface area contributed by atoms with Crippen molar-refractivity contribution in [3.05, 3.63) is 29.8 Å². The minimum atomic E-state index is -3.24. The van der Waals surface area contributed by atoms with Crippen molar-refractivity contribution in [2.24, 2.45) is 0 Å². The topological polar surface area (TPSA) is 75.7 Å². The molecule has 1 fully saturated rings. The number of hydrogen-bond acceptors (Lipinski definition) is 4. The molecule has 0 aliphatic carbocycles. The van der Waals surface area contributed by atoms with E-state index in [2.05, 4.69) is 4.72 Å². The van der Waals surface area contributed by atoms with Gasteiger partial charge in [0, 0.05) is 19.1 Å². The van der Waals surface area contributed by atoms with E-state index >= 15 is 0 Å². The molecule has 0 bridgehead atoms. The van der Waals surface area contributed by atoms with Gasteiger partial charge in [-0.3, -0.25) is 4.79 Å². The molecule has 0 unspecified atom stereocenters. The molecule has 1 amide bonds. The normalized spacial score (nSPS) is 18.7. The summed E-state index contributed by atoms with van der Waals surface area (Å²) >= 11 is 0. The van der Waals surface area contributed by atoms with Crippen LogP contribution in [0.15, 0.2) is 24.3 Å². The summed E-state index contributed by atoms with van der Waals surface area (Å²) in [5, 5.41) is 0. The summed E-state index contributed by atoms with van der Waals surface area (Å²) in [6.45, 7) is 3.38. The number of hydrogen-bond donors (Lipinski definition) is 1. The van der Waals surface area contributed by atoms with Crippen molar-refractivity contribution in [1.29, 1.82) is 0 Å². The highest BCUT2D eigenvalue weighted by Crippen LogP contribution is 2.17. The monoisotopic (exact) mass is 340 g/mol. The van der Waals surface area contributed by atoms with Gasteiger partial charge in [-0.05, 0) is 31.4 Å². The van der Waals surface area contributed by atoms with E-state index in [0.717, 1.165) is 30.4 Å². The summed E-state index contributed by atoms with van der Waals surface area (Å²) in [5.74, 6) is 0.786. The Kier molecular flexibility index (Phi) is 6.01. The molecule has 1 aromatic rings. The van der Waals surface area contributed by atoms with Crippen LogP contribution in [0.3, 0.4) is 0 Å². The van der Waals surface area contributed by atoms with Crippen LogP contribution < -0.4 is 9.46 Å². The Morgan fingerprint density at radius 2 is 2.13 bits per heavy atom. The summed E-state index contributed by atoms with van der Waals surface area (Å²) in [5.41, 5.74) is 1.04. The van der Waals surface area contributed by atoms with E-state index in [4.69, 9.17) is 4.74 Å². The lowest BCUT2D eigenvalue weighted by molar-refractivity contribution is -0.133. The second-order valence-electron chi connectivity index (χ2n) is 5.93. The Hall–Kier alpha value is -1.60. The predicted molar refractivity (Wildman–Crippen MR) is 88.9 cm³/mol.